The van der Waals surface area contributed by atoms with Crippen LogP contribution in [0.3, 0.4) is 0 Å². The highest BCUT2D eigenvalue weighted by Gasteiger charge is 2.50. The lowest BCUT2D eigenvalue weighted by atomic mass is 9.81. The predicted molar refractivity (Wildman–Crippen MR) is 115 cm³/mol. The minimum absolute atomic E-state index is 0.0277. The van der Waals surface area contributed by atoms with Gasteiger partial charge >= 0.3 is 6.09 Å². The highest BCUT2D eigenvalue weighted by Crippen LogP contribution is 2.43. The lowest BCUT2D eigenvalue weighted by Crippen LogP contribution is -2.54. The molecule has 2 unspecified atom stereocenters. The molecule has 5 heteroatoms. The Balaban J connectivity index is 1.29. The molecule has 5 nitrogen and oxygen atoms in total. The van der Waals surface area contributed by atoms with Crippen molar-refractivity contribution in [3.05, 3.63) is 78.0 Å². The Morgan fingerprint density at radius 1 is 1.03 bits per heavy atom. The van der Waals surface area contributed by atoms with E-state index in [2.05, 4.69) is 11.1 Å². The number of nitrogens with zero attached hydrogens (tertiary/aromatic N) is 2. The average molecular weight is 402 g/mol. The van der Waals surface area contributed by atoms with Crippen LogP contribution in [0, 0.1) is 0 Å². The van der Waals surface area contributed by atoms with Gasteiger partial charge in [-0.1, -0.05) is 54.6 Å². The molecule has 154 valence electrons. The number of ether oxygens (including phenoxy) is 1. The molecule has 3 heterocycles. The van der Waals surface area contributed by atoms with E-state index in [0.717, 1.165) is 34.9 Å². The average Bonchev–Trinajstić information content (AvgIpc) is 3.05. The first-order chi connectivity index (χ1) is 14.6. The normalized spacial score (nSPS) is 25.4. The quantitative estimate of drug-likeness (QED) is 0.699. The van der Waals surface area contributed by atoms with E-state index in [1.54, 1.807) is 6.20 Å². The zero-order valence-corrected chi connectivity index (χ0v) is 16.9. The number of para-hydroxylation sites is 1. The van der Waals surface area contributed by atoms with Gasteiger partial charge in [-0.3, -0.25) is 4.98 Å². The number of hydrogen-bond acceptors (Lipinski definition) is 4. The largest absolute Gasteiger partial charge is 0.445 e. The summed E-state index contributed by atoms with van der Waals surface area (Å²) in [4.78, 5) is 19.2. The van der Waals surface area contributed by atoms with Crippen molar-refractivity contribution in [3.8, 4) is 0 Å². The number of fused-ring (bicyclic) bond motifs is 3. The van der Waals surface area contributed by atoms with E-state index < -0.39 is 5.60 Å². The number of pyridine rings is 1. The van der Waals surface area contributed by atoms with Crippen molar-refractivity contribution < 1.29 is 14.6 Å². The molecule has 1 N–H and O–H groups in total. The van der Waals surface area contributed by atoms with Crippen molar-refractivity contribution in [2.75, 3.05) is 0 Å². The fourth-order valence-electron chi connectivity index (χ4n) is 5.22. The molecule has 2 aliphatic heterocycles. The van der Waals surface area contributed by atoms with Gasteiger partial charge in [-0.05, 0) is 42.9 Å². The van der Waals surface area contributed by atoms with E-state index in [1.807, 2.05) is 59.5 Å². The lowest BCUT2D eigenvalue weighted by molar-refractivity contribution is -0.0483. The van der Waals surface area contributed by atoms with Crippen LogP contribution in [0.1, 0.15) is 36.8 Å². The monoisotopic (exact) mass is 402 g/mol. The Labute approximate surface area is 176 Å². The Hall–Kier alpha value is -2.92. The van der Waals surface area contributed by atoms with Crippen molar-refractivity contribution in [1.82, 2.24) is 9.88 Å². The van der Waals surface area contributed by atoms with Gasteiger partial charge in [0.15, 0.2) is 0 Å². The van der Waals surface area contributed by atoms with Gasteiger partial charge in [0.1, 0.15) is 6.61 Å². The Morgan fingerprint density at radius 2 is 1.77 bits per heavy atom. The Kier molecular flexibility index (Phi) is 4.91. The van der Waals surface area contributed by atoms with Crippen LogP contribution in [0.2, 0.25) is 0 Å². The zero-order chi connectivity index (χ0) is 20.6. The second kappa shape index (κ2) is 7.73. The molecule has 3 aromatic rings. The summed E-state index contributed by atoms with van der Waals surface area (Å²) in [5.41, 5.74) is 2.17. The first-order valence-electron chi connectivity index (χ1n) is 10.7. The number of aromatic nitrogens is 1. The molecule has 2 fully saturated rings. The molecule has 30 heavy (non-hydrogen) atoms. The number of carbonyl (C=O) groups excluding carboxylic acids is 1. The Morgan fingerprint density at radius 3 is 2.53 bits per heavy atom. The number of hydrogen-bond donors (Lipinski definition) is 1. The number of piperidine rings is 1. The predicted octanol–water partition coefficient (Wildman–Crippen LogP) is 4.47. The molecule has 5 rings (SSSR count). The van der Waals surface area contributed by atoms with Gasteiger partial charge in [0.05, 0.1) is 11.1 Å². The van der Waals surface area contributed by atoms with Crippen LogP contribution in [-0.4, -0.2) is 38.8 Å². The summed E-state index contributed by atoms with van der Waals surface area (Å²) in [7, 11) is 0. The Bertz CT molecular complexity index is 1030. The zero-order valence-electron chi connectivity index (χ0n) is 16.9. The topological polar surface area (TPSA) is 62.7 Å². The molecule has 1 amide bonds. The number of carbonyl (C=O) groups is 1. The summed E-state index contributed by atoms with van der Waals surface area (Å²) in [6.45, 7) is 0.279. The second-order valence-corrected chi connectivity index (χ2v) is 8.63. The molecule has 2 saturated heterocycles. The van der Waals surface area contributed by atoms with Crippen LogP contribution >= 0.6 is 0 Å². The van der Waals surface area contributed by atoms with Crippen molar-refractivity contribution in [2.24, 2.45) is 0 Å². The highest BCUT2D eigenvalue weighted by molar-refractivity contribution is 5.81. The maximum atomic E-state index is 12.8. The second-order valence-electron chi connectivity index (χ2n) is 8.63. The van der Waals surface area contributed by atoms with Crippen LogP contribution in [0.15, 0.2) is 66.9 Å². The number of benzene rings is 2. The van der Waals surface area contributed by atoms with Crippen LogP contribution in [0.25, 0.3) is 10.9 Å². The van der Waals surface area contributed by atoms with Gasteiger partial charge in [0.25, 0.3) is 0 Å². The molecule has 1 aromatic heterocycles. The van der Waals surface area contributed by atoms with Crippen molar-refractivity contribution in [2.45, 2.75) is 56.4 Å². The van der Waals surface area contributed by atoms with E-state index in [0.29, 0.717) is 19.3 Å². The molecule has 2 aromatic carbocycles. The minimum atomic E-state index is -0.826. The number of rotatable bonds is 4. The standard InChI is InChI=1S/C25H26N2O3/c28-24(30-17-18-6-2-1-3-7-18)27-21-11-12-22(27)16-25(29,15-21)14-20-9-4-8-19-10-5-13-26-23(19)20/h1-10,13,21-22,29H,11-12,14-17H2. The number of aliphatic hydroxyl groups is 1. The summed E-state index contributed by atoms with van der Waals surface area (Å²) < 4.78 is 5.59. The molecule has 0 aliphatic carbocycles. The maximum absolute atomic E-state index is 12.8. The van der Waals surface area contributed by atoms with Gasteiger partial charge in [-0.2, -0.15) is 0 Å². The first kappa shape index (κ1) is 19.1. The summed E-state index contributed by atoms with van der Waals surface area (Å²) in [5.74, 6) is 0. The lowest BCUT2D eigenvalue weighted by Gasteiger charge is -2.43. The van der Waals surface area contributed by atoms with E-state index >= 15 is 0 Å². The third-order valence-corrected chi connectivity index (χ3v) is 6.50. The highest BCUT2D eigenvalue weighted by atomic mass is 16.6. The van der Waals surface area contributed by atoms with Gasteiger partial charge in [0, 0.05) is 30.1 Å². The third-order valence-electron chi connectivity index (χ3n) is 6.50. The molecule has 2 atom stereocenters. The number of amides is 1. The van der Waals surface area contributed by atoms with E-state index in [-0.39, 0.29) is 24.8 Å². The van der Waals surface area contributed by atoms with Crippen LogP contribution in [-0.2, 0) is 17.8 Å². The fourth-order valence-corrected chi connectivity index (χ4v) is 5.22. The molecular formula is C25H26N2O3. The van der Waals surface area contributed by atoms with E-state index in [9.17, 15) is 9.90 Å². The third kappa shape index (κ3) is 3.65. The summed E-state index contributed by atoms with van der Waals surface area (Å²) in [6, 6.07) is 19.9. The SMILES string of the molecule is O=C(OCc1ccccc1)N1C2CCC1CC(O)(Cc1cccc3cccnc13)C2. The van der Waals surface area contributed by atoms with E-state index in [1.165, 1.54) is 0 Å². The molecule has 0 spiro atoms. The first-order valence-corrected chi connectivity index (χ1v) is 10.7. The van der Waals surface area contributed by atoms with Gasteiger partial charge in [-0.15, -0.1) is 0 Å². The smallest absolute Gasteiger partial charge is 0.410 e. The van der Waals surface area contributed by atoms with Gasteiger partial charge < -0.3 is 14.7 Å². The van der Waals surface area contributed by atoms with Crippen molar-refractivity contribution in [1.29, 1.82) is 0 Å². The van der Waals surface area contributed by atoms with Gasteiger partial charge in [0.2, 0.25) is 0 Å². The molecule has 0 radical (unpaired) electrons. The maximum Gasteiger partial charge on any atom is 0.410 e. The molecular weight excluding hydrogens is 376 g/mol. The fraction of sp³-hybridized carbons (Fsp3) is 0.360. The van der Waals surface area contributed by atoms with Crippen molar-refractivity contribution in [3.63, 3.8) is 0 Å². The van der Waals surface area contributed by atoms with Crippen LogP contribution in [0.4, 0.5) is 4.79 Å². The molecule has 2 aliphatic rings. The summed E-state index contributed by atoms with van der Waals surface area (Å²) in [5, 5.41) is 12.6. The molecule has 2 bridgehead atoms. The van der Waals surface area contributed by atoms with E-state index in [4.69, 9.17) is 4.74 Å². The molecule has 0 saturated carbocycles. The van der Waals surface area contributed by atoms with Crippen molar-refractivity contribution >= 4 is 17.0 Å². The van der Waals surface area contributed by atoms with Gasteiger partial charge in [-0.25, -0.2) is 4.79 Å². The van der Waals surface area contributed by atoms with Crippen LogP contribution < -0.4 is 0 Å². The minimum Gasteiger partial charge on any atom is -0.445 e. The summed E-state index contributed by atoms with van der Waals surface area (Å²) in [6.07, 6.45) is 5.08. The van der Waals surface area contributed by atoms with Crippen LogP contribution in [0.5, 0.6) is 0 Å². The summed E-state index contributed by atoms with van der Waals surface area (Å²) >= 11 is 0.